The van der Waals surface area contributed by atoms with Gasteiger partial charge in [0.1, 0.15) is 19.8 Å². The number of phosphoric ester groups is 1. The van der Waals surface area contributed by atoms with Gasteiger partial charge in [0.05, 0.1) is 46.2 Å². The van der Waals surface area contributed by atoms with Gasteiger partial charge >= 0.3 is 5.97 Å². The van der Waals surface area contributed by atoms with E-state index in [9.17, 15) is 24.5 Å². The SMILES string of the molecule is CC/C=C\C[C@H](O)/C=C/C=C\C/C=C\C=C\[C@H](O)/C=C\CCCC(=O)O[C@H](CO/C=C/CCCCCCCC/C=C\CCCCCC)COP(=O)([O-])OCC[N+](C)(C)C. The van der Waals surface area contributed by atoms with E-state index in [1.54, 1.807) is 36.6 Å². The predicted octanol–water partition coefficient (Wildman–Crippen LogP) is 10.7. The van der Waals surface area contributed by atoms with Crippen LogP contribution in [0.5, 0.6) is 0 Å². The van der Waals surface area contributed by atoms with Crippen molar-refractivity contribution in [1.29, 1.82) is 0 Å². The van der Waals surface area contributed by atoms with Crippen molar-refractivity contribution in [1.82, 2.24) is 0 Å². The summed E-state index contributed by atoms with van der Waals surface area (Å²) in [6.45, 7) is 4.27. The van der Waals surface area contributed by atoms with Crippen LogP contribution in [-0.2, 0) is 27.9 Å². The number of ether oxygens (including phenoxy) is 2. The Morgan fingerprint density at radius 2 is 1.29 bits per heavy atom. The first-order chi connectivity index (χ1) is 28.4. The molecule has 0 saturated heterocycles. The van der Waals surface area contributed by atoms with Crippen LogP contribution in [0.4, 0.5) is 0 Å². The van der Waals surface area contributed by atoms with Crippen molar-refractivity contribution in [3.63, 3.8) is 0 Å². The first kappa shape index (κ1) is 56.2. The highest BCUT2D eigenvalue weighted by Gasteiger charge is 2.20. The molecular weight excluding hydrogens is 766 g/mol. The van der Waals surface area contributed by atoms with Crippen LogP contribution in [0.3, 0.4) is 0 Å². The number of quaternary nitrogens is 1. The number of hydrogen-bond acceptors (Lipinski definition) is 9. The summed E-state index contributed by atoms with van der Waals surface area (Å²) >= 11 is 0. The first-order valence-electron chi connectivity index (χ1n) is 22.2. The number of phosphoric acid groups is 1. The van der Waals surface area contributed by atoms with Gasteiger partial charge in [-0.1, -0.05) is 144 Å². The molecule has 4 atom stereocenters. The number of aliphatic hydroxyl groups excluding tert-OH is 2. The van der Waals surface area contributed by atoms with Gasteiger partial charge in [-0.15, -0.1) is 0 Å². The Balaban J connectivity index is 4.58. The Kier molecular flexibility index (Phi) is 37.4. The number of hydrogen-bond donors (Lipinski definition) is 2. The molecule has 0 aromatic rings. The molecule has 59 heavy (non-hydrogen) atoms. The van der Waals surface area contributed by atoms with E-state index < -0.39 is 38.7 Å². The molecule has 0 aliphatic heterocycles. The lowest BCUT2D eigenvalue weighted by molar-refractivity contribution is -0.870. The maximum absolute atomic E-state index is 12.7. The summed E-state index contributed by atoms with van der Waals surface area (Å²) in [5, 5.41) is 20.0. The van der Waals surface area contributed by atoms with Crippen molar-refractivity contribution in [2.75, 3.05) is 47.5 Å². The lowest BCUT2D eigenvalue weighted by Gasteiger charge is -2.28. The number of aliphatic hydroxyl groups is 2. The van der Waals surface area contributed by atoms with Crippen LogP contribution in [-0.4, -0.2) is 86.5 Å². The number of rotatable bonds is 39. The molecule has 0 radical (unpaired) electrons. The number of esters is 1. The molecule has 0 aromatic carbocycles. The zero-order chi connectivity index (χ0) is 43.7. The quantitative estimate of drug-likeness (QED) is 0.0118. The standard InChI is InChI=1S/C48H82NO9P/c1-6-8-10-11-12-13-14-15-16-17-18-19-20-24-27-34-41-55-43-47(44-57-59(53,54)56-42-40-49(3,4)5)58-48(52)39-33-28-32-38-46(51)37-31-26-23-21-22-25-30-36-45(50)35-29-9-7-2/h9,13-14,22-23,25-26,29-32,34,36-38,41,45-47,50-51H,6-8,10-12,15-21,24,27-28,33,35,39-40,42-44H2,1-5H3/b14-13-,25-22-,26-23-,29-9-,36-30+,37-31+,38-32-,41-34+/t45-,46-,47+/m0/s1. The van der Waals surface area contributed by atoms with Crippen LogP contribution in [0, 0.1) is 0 Å². The van der Waals surface area contributed by atoms with Crippen molar-refractivity contribution in [2.24, 2.45) is 0 Å². The molecule has 338 valence electrons. The molecule has 0 spiro atoms. The van der Waals surface area contributed by atoms with Gasteiger partial charge in [0.15, 0.2) is 6.10 Å². The number of carbonyl (C=O) groups excluding carboxylic acids is 1. The fourth-order valence-corrected chi connectivity index (χ4v) is 6.09. The van der Waals surface area contributed by atoms with Crippen molar-refractivity contribution in [3.8, 4) is 0 Å². The Hall–Kier alpha value is -2.82. The van der Waals surface area contributed by atoms with Crippen LogP contribution < -0.4 is 4.89 Å². The second kappa shape index (κ2) is 39.3. The second-order valence-electron chi connectivity index (χ2n) is 15.8. The minimum atomic E-state index is -4.61. The maximum Gasteiger partial charge on any atom is 0.306 e. The second-order valence-corrected chi connectivity index (χ2v) is 17.2. The Morgan fingerprint density at radius 3 is 1.93 bits per heavy atom. The summed E-state index contributed by atoms with van der Waals surface area (Å²) in [5.74, 6) is -0.500. The molecule has 10 nitrogen and oxygen atoms in total. The van der Waals surface area contributed by atoms with E-state index in [2.05, 4.69) is 26.0 Å². The van der Waals surface area contributed by atoms with Crippen LogP contribution in [0.15, 0.2) is 97.4 Å². The van der Waals surface area contributed by atoms with Gasteiger partial charge in [-0.2, -0.15) is 0 Å². The molecule has 0 saturated carbocycles. The summed E-state index contributed by atoms with van der Waals surface area (Å²) in [6, 6.07) is 0. The molecule has 0 rings (SSSR count). The minimum absolute atomic E-state index is 0.0279. The average Bonchev–Trinajstić information content (AvgIpc) is 3.18. The molecule has 1 unspecified atom stereocenters. The zero-order valence-corrected chi connectivity index (χ0v) is 38.3. The van der Waals surface area contributed by atoms with E-state index in [0.717, 1.165) is 32.1 Å². The van der Waals surface area contributed by atoms with Gasteiger partial charge in [0.25, 0.3) is 7.82 Å². The van der Waals surface area contributed by atoms with E-state index in [1.807, 2.05) is 69.8 Å². The van der Waals surface area contributed by atoms with Crippen molar-refractivity contribution < 1.29 is 47.5 Å². The predicted molar refractivity (Wildman–Crippen MR) is 242 cm³/mol. The third-order valence-corrected chi connectivity index (χ3v) is 9.82. The number of carbonyl (C=O) groups is 1. The molecular formula is C48H82NO9P. The Bertz CT molecular complexity index is 1300. The number of unbranched alkanes of at least 4 members (excludes halogenated alkanes) is 12. The molecule has 11 heteroatoms. The van der Waals surface area contributed by atoms with E-state index >= 15 is 0 Å². The fraction of sp³-hybridized carbons (Fsp3) is 0.646. The van der Waals surface area contributed by atoms with E-state index in [-0.39, 0.29) is 19.6 Å². The normalized spacial score (nSPS) is 15.7. The van der Waals surface area contributed by atoms with E-state index in [4.69, 9.17) is 18.5 Å². The smallest absolute Gasteiger partial charge is 0.306 e. The summed E-state index contributed by atoms with van der Waals surface area (Å²) in [4.78, 5) is 25.0. The molecule has 0 heterocycles. The van der Waals surface area contributed by atoms with Gasteiger partial charge in [-0.05, 0) is 76.7 Å². The van der Waals surface area contributed by atoms with Crippen LogP contribution >= 0.6 is 7.82 Å². The summed E-state index contributed by atoms with van der Waals surface area (Å²) in [5.41, 5.74) is 0. The molecule has 0 aromatic heterocycles. The third kappa shape index (κ3) is 43.1. The van der Waals surface area contributed by atoms with Gasteiger partial charge in [-0.25, -0.2) is 0 Å². The van der Waals surface area contributed by atoms with Crippen LogP contribution in [0.25, 0.3) is 0 Å². The number of allylic oxidation sites excluding steroid dienone is 11. The minimum Gasteiger partial charge on any atom is -0.756 e. The van der Waals surface area contributed by atoms with Gasteiger partial charge in [-0.3, -0.25) is 9.36 Å². The van der Waals surface area contributed by atoms with Crippen LogP contribution in [0.2, 0.25) is 0 Å². The number of nitrogens with zero attached hydrogens (tertiary/aromatic N) is 1. The molecule has 0 bridgehead atoms. The third-order valence-electron chi connectivity index (χ3n) is 8.86. The average molecular weight is 848 g/mol. The highest BCUT2D eigenvalue weighted by atomic mass is 31.2. The molecule has 0 aliphatic rings. The first-order valence-corrected chi connectivity index (χ1v) is 23.7. The Labute approximate surface area is 359 Å². The van der Waals surface area contributed by atoms with Gasteiger partial charge in [0, 0.05) is 6.42 Å². The lowest BCUT2D eigenvalue weighted by Crippen LogP contribution is -2.37. The van der Waals surface area contributed by atoms with Crippen molar-refractivity contribution >= 4 is 13.8 Å². The lowest BCUT2D eigenvalue weighted by atomic mass is 10.1. The summed E-state index contributed by atoms with van der Waals surface area (Å²) in [7, 11) is 1.17. The van der Waals surface area contributed by atoms with Gasteiger partial charge < -0.3 is 38.1 Å². The maximum atomic E-state index is 12.7. The van der Waals surface area contributed by atoms with E-state index in [0.29, 0.717) is 30.3 Å². The van der Waals surface area contributed by atoms with Crippen molar-refractivity contribution in [2.45, 2.75) is 154 Å². The fourth-order valence-electron chi connectivity index (χ4n) is 5.36. The molecule has 0 aliphatic carbocycles. The van der Waals surface area contributed by atoms with Crippen molar-refractivity contribution in [3.05, 3.63) is 97.4 Å². The zero-order valence-electron chi connectivity index (χ0n) is 37.4. The van der Waals surface area contributed by atoms with Gasteiger partial charge in [0.2, 0.25) is 0 Å². The Morgan fingerprint density at radius 1 is 0.678 bits per heavy atom. The largest absolute Gasteiger partial charge is 0.756 e. The van der Waals surface area contributed by atoms with Crippen LogP contribution in [0.1, 0.15) is 136 Å². The summed E-state index contributed by atoms with van der Waals surface area (Å²) < 4.78 is 34.1. The molecule has 0 fully saturated rings. The highest BCUT2D eigenvalue weighted by Crippen LogP contribution is 2.38. The molecule has 0 amide bonds. The topological polar surface area (TPSA) is 135 Å². The monoisotopic (exact) mass is 848 g/mol. The summed E-state index contributed by atoms with van der Waals surface area (Å²) in [6.07, 6.45) is 47.3. The highest BCUT2D eigenvalue weighted by molar-refractivity contribution is 7.45. The number of likely N-dealkylation sites (N-methyl/N-ethyl adjacent to an activating group) is 1. The molecule has 2 N–H and O–H groups in total. The van der Waals surface area contributed by atoms with E-state index in [1.165, 1.54) is 64.2 Å².